The van der Waals surface area contributed by atoms with Crippen LogP contribution in [0.2, 0.25) is 5.02 Å². The molecule has 1 N–H and O–H groups in total. The molecule has 1 aromatic rings. The van der Waals surface area contributed by atoms with Gasteiger partial charge in [-0.25, -0.2) is 4.39 Å². The number of hydrogen-bond acceptors (Lipinski definition) is 3. The van der Waals surface area contributed by atoms with Crippen molar-refractivity contribution in [3.63, 3.8) is 0 Å². The quantitative estimate of drug-likeness (QED) is 0.924. The zero-order chi connectivity index (χ0) is 15.9. The van der Waals surface area contributed by atoms with Crippen molar-refractivity contribution in [2.75, 3.05) is 18.0 Å². The molecule has 2 atom stereocenters. The highest BCUT2D eigenvalue weighted by atomic mass is 35.5. The number of carbonyl (C=O) groups excluding carboxylic acids is 1. The molecular formula is C15H16ClFN2O3. The van der Waals surface area contributed by atoms with Crippen molar-refractivity contribution in [3.05, 3.63) is 29.0 Å². The molecule has 7 heteroatoms. The van der Waals surface area contributed by atoms with Crippen LogP contribution >= 0.6 is 11.6 Å². The second-order valence-electron chi connectivity index (χ2n) is 5.63. The van der Waals surface area contributed by atoms with E-state index in [9.17, 15) is 19.1 Å². The second kappa shape index (κ2) is 5.85. The third-order valence-corrected chi connectivity index (χ3v) is 4.68. The van der Waals surface area contributed by atoms with Gasteiger partial charge in [-0.2, -0.15) is 0 Å². The molecule has 2 aliphatic heterocycles. The van der Waals surface area contributed by atoms with E-state index in [0.29, 0.717) is 31.6 Å². The summed E-state index contributed by atoms with van der Waals surface area (Å²) in [4.78, 5) is 27.1. The fourth-order valence-electron chi connectivity index (χ4n) is 3.31. The molecule has 22 heavy (non-hydrogen) atoms. The van der Waals surface area contributed by atoms with Gasteiger partial charge in [-0.1, -0.05) is 11.6 Å². The SMILES string of the molecule is O=C(O)[C@H]1CCCN1C1CCN(c2ccc(Cl)c(F)c2)C1=O. The van der Waals surface area contributed by atoms with Crippen molar-refractivity contribution in [1.82, 2.24) is 4.90 Å². The van der Waals surface area contributed by atoms with Gasteiger partial charge in [0.2, 0.25) is 5.91 Å². The molecule has 2 fully saturated rings. The van der Waals surface area contributed by atoms with E-state index in [-0.39, 0.29) is 10.9 Å². The highest BCUT2D eigenvalue weighted by molar-refractivity contribution is 6.30. The summed E-state index contributed by atoms with van der Waals surface area (Å²) in [7, 11) is 0. The predicted molar refractivity (Wildman–Crippen MR) is 79.5 cm³/mol. The summed E-state index contributed by atoms with van der Waals surface area (Å²) >= 11 is 5.66. The largest absolute Gasteiger partial charge is 0.480 e. The molecule has 3 rings (SSSR count). The zero-order valence-corrected chi connectivity index (χ0v) is 12.6. The molecule has 0 spiro atoms. The van der Waals surface area contributed by atoms with Gasteiger partial charge in [0.05, 0.1) is 11.1 Å². The number of aliphatic carboxylic acids is 1. The van der Waals surface area contributed by atoms with E-state index in [4.69, 9.17) is 11.6 Å². The first-order valence-corrected chi connectivity index (χ1v) is 7.62. The van der Waals surface area contributed by atoms with E-state index < -0.39 is 23.9 Å². The average molecular weight is 327 g/mol. The van der Waals surface area contributed by atoms with Crippen molar-refractivity contribution in [3.8, 4) is 0 Å². The fraction of sp³-hybridized carbons (Fsp3) is 0.467. The lowest BCUT2D eigenvalue weighted by Gasteiger charge is -2.27. The number of amides is 1. The summed E-state index contributed by atoms with van der Waals surface area (Å²) in [6.45, 7) is 1.06. The van der Waals surface area contributed by atoms with Crippen molar-refractivity contribution in [2.45, 2.75) is 31.3 Å². The molecule has 1 amide bonds. The van der Waals surface area contributed by atoms with E-state index in [0.717, 1.165) is 6.42 Å². The normalized spacial score (nSPS) is 25.9. The third kappa shape index (κ3) is 2.57. The molecule has 1 unspecified atom stereocenters. The molecule has 1 aromatic carbocycles. The third-order valence-electron chi connectivity index (χ3n) is 4.37. The maximum absolute atomic E-state index is 13.6. The van der Waals surface area contributed by atoms with E-state index in [1.807, 2.05) is 0 Å². The average Bonchev–Trinajstić information content (AvgIpc) is 3.08. The van der Waals surface area contributed by atoms with Crippen LogP contribution in [0.5, 0.6) is 0 Å². The molecule has 2 heterocycles. The Morgan fingerprint density at radius 1 is 1.32 bits per heavy atom. The van der Waals surface area contributed by atoms with E-state index in [1.54, 1.807) is 11.0 Å². The molecule has 5 nitrogen and oxygen atoms in total. The topological polar surface area (TPSA) is 60.9 Å². The van der Waals surface area contributed by atoms with Crippen molar-refractivity contribution >= 4 is 29.2 Å². The molecule has 0 aliphatic carbocycles. The lowest BCUT2D eigenvalue weighted by molar-refractivity contribution is -0.143. The number of rotatable bonds is 3. The maximum atomic E-state index is 13.6. The van der Waals surface area contributed by atoms with Crippen LogP contribution in [-0.4, -0.2) is 47.1 Å². The van der Waals surface area contributed by atoms with Gasteiger partial charge >= 0.3 is 5.97 Å². The van der Waals surface area contributed by atoms with Crippen LogP contribution in [0.1, 0.15) is 19.3 Å². The number of carboxylic acids is 1. The minimum atomic E-state index is -0.888. The first-order chi connectivity index (χ1) is 10.5. The van der Waals surface area contributed by atoms with Crippen molar-refractivity contribution < 1.29 is 19.1 Å². The van der Waals surface area contributed by atoms with Crippen LogP contribution in [0.3, 0.4) is 0 Å². The van der Waals surface area contributed by atoms with Crippen LogP contribution in [0.25, 0.3) is 0 Å². The molecule has 118 valence electrons. The summed E-state index contributed by atoms with van der Waals surface area (Å²) in [5.41, 5.74) is 0.459. The number of likely N-dealkylation sites (tertiary alicyclic amines) is 1. The van der Waals surface area contributed by atoms with E-state index >= 15 is 0 Å². The number of carbonyl (C=O) groups is 2. The maximum Gasteiger partial charge on any atom is 0.320 e. The molecular weight excluding hydrogens is 311 g/mol. The minimum absolute atomic E-state index is 0.0115. The first-order valence-electron chi connectivity index (χ1n) is 7.24. The number of anilines is 1. The van der Waals surface area contributed by atoms with Crippen molar-refractivity contribution in [2.24, 2.45) is 0 Å². The molecule has 2 saturated heterocycles. The molecule has 0 aromatic heterocycles. The minimum Gasteiger partial charge on any atom is -0.480 e. The van der Waals surface area contributed by atoms with Gasteiger partial charge in [0.25, 0.3) is 0 Å². The summed E-state index contributed by atoms with van der Waals surface area (Å²) in [6, 6.07) is 3.21. The van der Waals surface area contributed by atoms with Gasteiger partial charge in [0, 0.05) is 12.2 Å². The Morgan fingerprint density at radius 2 is 2.09 bits per heavy atom. The zero-order valence-electron chi connectivity index (χ0n) is 11.8. The monoisotopic (exact) mass is 326 g/mol. The molecule has 0 saturated carbocycles. The van der Waals surface area contributed by atoms with Gasteiger partial charge in [0.1, 0.15) is 11.9 Å². The summed E-state index contributed by atoms with van der Waals surface area (Å²) < 4.78 is 13.6. The molecule has 0 radical (unpaired) electrons. The highest BCUT2D eigenvalue weighted by Gasteiger charge is 2.43. The summed E-state index contributed by atoms with van der Waals surface area (Å²) in [5, 5.41) is 9.26. The lowest BCUT2D eigenvalue weighted by Crippen LogP contribution is -2.47. The van der Waals surface area contributed by atoms with Crippen LogP contribution in [0, 0.1) is 5.82 Å². The van der Waals surface area contributed by atoms with Crippen LogP contribution < -0.4 is 4.90 Å². The van der Waals surface area contributed by atoms with Gasteiger partial charge in [-0.05, 0) is 44.0 Å². The second-order valence-corrected chi connectivity index (χ2v) is 6.03. The van der Waals surface area contributed by atoms with E-state index in [2.05, 4.69) is 0 Å². The van der Waals surface area contributed by atoms with Gasteiger partial charge in [-0.3, -0.25) is 14.5 Å². The highest BCUT2D eigenvalue weighted by Crippen LogP contribution is 2.30. The van der Waals surface area contributed by atoms with Crippen LogP contribution in [0.4, 0.5) is 10.1 Å². The number of halogens is 2. The smallest absolute Gasteiger partial charge is 0.320 e. The van der Waals surface area contributed by atoms with E-state index in [1.165, 1.54) is 17.0 Å². The Hall–Kier alpha value is -1.66. The Kier molecular flexibility index (Phi) is 4.06. The van der Waals surface area contributed by atoms with Crippen LogP contribution in [0.15, 0.2) is 18.2 Å². The fourth-order valence-corrected chi connectivity index (χ4v) is 3.43. The molecule has 2 aliphatic rings. The Labute approximate surface area is 132 Å². The number of hydrogen-bond donors (Lipinski definition) is 1. The van der Waals surface area contributed by atoms with Gasteiger partial charge in [-0.15, -0.1) is 0 Å². The Balaban J connectivity index is 1.80. The lowest BCUT2D eigenvalue weighted by atomic mass is 10.1. The standard InChI is InChI=1S/C15H16ClFN2O3/c16-10-4-3-9(8-11(10)17)18-7-5-12(14(18)20)19-6-1-2-13(19)15(21)22/h3-4,8,12-13H,1-2,5-7H2,(H,21,22)/t12?,13-/m1/s1. The Bertz CT molecular complexity index is 625. The molecule has 0 bridgehead atoms. The van der Waals surface area contributed by atoms with Crippen molar-refractivity contribution in [1.29, 1.82) is 0 Å². The van der Waals surface area contributed by atoms with Gasteiger partial charge in [0.15, 0.2) is 0 Å². The first kappa shape index (κ1) is 15.2. The van der Waals surface area contributed by atoms with Gasteiger partial charge < -0.3 is 10.0 Å². The summed E-state index contributed by atoms with van der Waals surface area (Å²) in [5.74, 6) is -1.63. The Morgan fingerprint density at radius 3 is 2.77 bits per heavy atom. The van der Waals surface area contributed by atoms with Crippen LogP contribution in [-0.2, 0) is 9.59 Å². The number of carboxylic acid groups (broad SMARTS) is 1. The predicted octanol–water partition coefficient (Wildman–Crippen LogP) is 2.13. The summed E-state index contributed by atoms with van der Waals surface area (Å²) in [6.07, 6.45) is 1.89. The number of nitrogens with zero attached hydrogens (tertiary/aromatic N) is 2. The number of benzene rings is 1.